The molecule has 0 aliphatic heterocycles. The minimum Gasteiger partial charge on any atom is -0.478 e. The van der Waals surface area contributed by atoms with Gasteiger partial charge in [0.25, 0.3) is 0 Å². The van der Waals surface area contributed by atoms with E-state index in [-0.39, 0.29) is 5.56 Å². The minimum atomic E-state index is -0.929. The summed E-state index contributed by atoms with van der Waals surface area (Å²) in [5.41, 5.74) is 2.09. The number of carboxylic acids is 1. The summed E-state index contributed by atoms with van der Waals surface area (Å²) in [6.45, 7) is 5.50. The Kier molecular flexibility index (Phi) is 5.06. The molecule has 0 radical (unpaired) electrons. The van der Waals surface area contributed by atoms with E-state index in [9.17, 15) is 9.90 Å². The highest BCUT2D eigenvalue weighted by Gasteiger charge is 2.16. The van der Waals surface area contributed by atoms with E-state index in [1.165, 1.54) is 5.56 Å². The number of aromatic nitrogens is 1. The smallest absolute Gasteiger partial charge is 0.337 e. The van der Waals surface area contributed by atoms with Crippen LogP contribution in [0, 0.1) is 0 Å². The number of nitrogens with zero attached hydrogens (tertiary/aromatic N) is 2. The third-order valence-corrected chi connectivity index (χ3v) is 3.43. The number of carboxylic acid groups (broad SMARTS) is 1. The summed E-state index contributed by atoms with van der Waals surface area (Å²) >= 11 is 0. The molecule has 2 rings (SSSR count). The second kappa shape index (κ2) is 6.99. The average Bonchev–Trinajstić information content (AvgIpc) is 2.48. The fourth-order valence-corrected chi connectivity index (χ4v) is 2.19. The Balaban J connectivity index is 2.19. The molecule has 4 nitrogen and oxygen atoms in total. The van der Waals surface area contributed by atoms with E-state index in [4.69, 9.17) is 0 Å². The molecule has 110 valence electrons. The van der Waals surface area contributed by atoms with E-state index in [2.05, 4.69) is 35.9 Å². The monoisotopic (exact) mass is 284 g/mol. The van der Waals surface area contributed by atoms with Gasteiger partial charge in [-0.15, -0.1) is 0 Å². The number of rotatable bonds is 6. The highest BCUT2D eigenvalue weighted by Crippen LogP contribution is 2.14. The maximum Gasteiger partial charge on any atom is 0.337 e. The van der Waals surface area contributed by atoms with Crippen LogP contribution < -0.4 is 0 Å². The van der Waals surface area contributed by atoms with Crippen LogP contribution >= 0.6 is 0 Å². The summed E-state index contributed by atoms with van der Waals surface area (Å²) in [6, 6.07) is 13.7. The third-order valence-electron chi connectivity index (χ3n) is 3.43. The normalized spacial score (nSPS) is 11.0. The SMILES string of the molecule is CC(C)N(Cc1ccccc1)Cc1ncccc1C(=O)O. The van der Waals surface area contributed by atoms with Gasteiger partial charge in [0, 0.05) is 25.3 Å². The highest BCUT2D eigenvalue weighted by atomic mass is 16.4. The number of hydrogen-bond donors (Lipinski definition) is 1. The number of aromatic carboxylic acids is 1. The Labute approximate surface area is 125 Å². The minimum absolute atomic E-state index is 0.274. The average molecular weight is 284 g/mol. The third kappa shape index (κ3) is 4.13. The molecule has 0 spiro atoms. The van der Waals surface area contributed by atoms with Gasteiger partial charge in [0.2, 0.25) is 0 Å². The van der Waals surface area contributed by atoms with Gasteiger partial charge in [-0.3, -0.25) is 9.88 Å². The first-order chi connectivity index (χ1) is 10.1. The summed E-state index contributed by atoms with van der Waals surface area (Å²) < 4.78 is 0. The van der Waals surface area contributed by atoms with E-state index in [1.54, 1.807) is 18.3 Å². The van der Waals surface area contributed by atoms with E-state index in [1.807, 2.05) is 18.2 Å². The number of hydrogen-bond acceptors (Lipinski definition) is 3. The number of benzene rings is 1. The zero-order valence-electron chi connectivity index (χ0n) is 12.4. The molecule has 1 heterocycles. The standard InChI is InChI=1S/C17H20N2O2/c1-13(2)19(11-14-7-4-3-5-8-14)12-16-15(17(20)21)9-6-10-18-16/h3-10,13H,11-12H2,1-2H3,(H,20,21). The molecule has 4 heteroatoms. The molecule has 0 saturated carbocycles. The lowest BCUT2D eigenvalue weighted by Gasteiger charge is -2.26. The summed E-state index contributed by atoms with van der Waals surface area (Å²) in [7, 11) is 0. The van der Waals surface area contributed by atoms with Gasteiger partial charge in [-0.25, -0.2) is 4.79 Å². The Morgan fingerprint density at radius 2 is 1.86 bits per heavy atom. The molecule has 0 amide bonds. The van der Waals surface area contributed by atoms with Crippen LogP contribution in [0.4, 0.5) is 0 Å². The largest absolute Gasteiger partial charge is 0.478 e. The Morgan fingerprint density at radius 1 is 1.14 bits per heavy atom. The molecule has 0 unspecified atom stereocenters. The molecule has 1 N–H and O–H groups in total. The predicted molar refractivity (Wildman–Crippen MR) is 82.0 cm³/mol. The van der Waals surface area contributed by atoms with E-state index in [0.29, 0.717) is 18.3 Å². The van der Waals surface area contributed by atoms with Gasteiger partial charge < -0.3 is 5.11 Å². The first kappa shape index (κ1) is 15.2. The topological polar surface area (TPSA) is 53.4 Å². The zero-order chi connectivity index (χ0) is 15.2. The quantitative estimate of drug-likeness (QED) is 0.885. The van der Waals surface area contributed by atoms with Gasteiger partial charge in [0.15, 0.2) is 0 Å². The molecule has 0 fully saturated rings. The van der Waals surface area contributed by atoms with Crippen LogP contribution in [0.25, 0.3) is 0 Å². The van der Waals surface area contributed by atoms with Crippen LogP contribution in [0.1, 0.15) is 35.5 Å². The Bertz CT molecular complexity index is 597. The van der Waals surface area contributed by atoms with E-state index in [0.717, 1.165) is 6.54 Å². The molecular weight excluding hydrogens is 264 g/mol. The van der Waals surface area contributed by atoms with Gasteiger partial charge >= 0.3 is 5.97 Å². The van der Waals surface area contributed by atoms with Gasteiger partial charge in [-0.1, -0.05) is 30.3 Å². The molecule has 0 atom stereocenters. The lowest BCUT2D eigenvalue weighted by Crippen LogP contribution is -2.31. The van der Waals surface area contributed by atoms with Gasteiger partial charge in [0.05, 0.1) is 11.3 Å². The predicted octanol–water partition coefficient (Wildman–Crippen LogP) is 3.19. The highest BCUT2D eigenvalue weighted by molar-refractivity contribution is 5.88. The maximum atomic E-state index is 11.3. The maximum absolute atomic E-state index is 11.3. The van der Waals surface area contributed by atoms with Crippen molar-refractivity contribution in [3.63, 3.8) is 0 Å². The molecular formula is C17H20N2O2. The molecule has 0 bridgehead atoms. The van der Waals surface area contributed by atoms with E-state index >= 15 is 0 Å². The Morgan fingerprint density at radius 3 is 2.48 bits per heavy atom. The molecule has 0 aliphatic rings. The number of carbonyl (C=O) groups is 1. The molecule has 21 heavy (non-hydrogen) atoms. The summed E-state index contributed by atoms with van der Waals surface area (Å²) in [5.74, 6) is -0.929. The van der Waals surface area contributed by atoms with Gasteiger partial charge in [0.1, 0.15) is 0 Å². The molecule has 1 aromatic carbocycles. The van der Waals surface area contributed by atoms with Crippen LogP contribution in [-0.4, -0.2) is 27.0 Å². The van der Waals surface area contributed by atoms with E-state index < -0.39 is 5.97 Å². The van der Waals surface area contributed by atoms with Crippen LogP contribution in [0.15, 0.2) is 48.7 Å². The van der Waals surface area contributed by atoms with Crippen molar-refractivity contribution < 1.29 is 9.90 Å². The lowest BCUT2D eigenvalue weighted by atomic mass is 10.1. The van der Waals surface area contributed by atoms with Crippen LogP contribution in [0.3, 0.4) is 0 Å². The van der Waals surface area contributed by atoms with Crippen LogP contribution in [-0.2, 0) is 13.1 Å². The van der Waals surface area contributed by atoms with Crippen molar-refractivity contribution in [3.8, 4) is 0 Å². The molecule has 1 aromatic heterocycles. The second-order valence-corrected chi connectivity index (χ2v) is 5.29. The first-order valence-electron chi connectivity index (χ1n) is 7.03. The lowest BCUT2D eigenvalue weighted by molar-refractivity contribution is 0.0692. The van der Waals surface area contributed by atoms with Gasteiger partial charge in [-0.05, 0) is 31.5 Å². The van der Waals surface area contributed by atoms with Crippen molar-refractivity contribution in [2.45, 2.75) is 33.0 Å². The van der Waals surface area contributed by atoms with Crippen molar-refractivity contribution in [1.82, 2.24) is 9.88 Å². The van der Waals surface area contributed by atoms with Gasteiger partial charge in [-0.2, -0.15) is 0 Å². The fourth-order valence-electron chi connectivity index (χ4n) is 2.19. The first-order valence-corrected chi connectivity index (χ1v) is 7.03. The summed E-state index contributed by atoms with van der Waals surface area (Å²) in [6.07, 6.45) is 1.64. The molecule has 2 aromatic rings. The zero-order valence-corrected chi connectivity index (χ0v) is 12.4. The Hall–Kier alpha value is -2.20. The van der Waals surface area contributed by atoms with Crippen LogP contribution in [0.5, 0.6) is 0 Å². The van der Waals surface area contributed by atoms with Crippen molar-refractivity contribution in [2.75, 3.05) is 0 Å². The van der Waals surface area contributed by atoms with Crippen molar-refractivity contribution >= 4 is 5.97 Å². The van der Waals surface area contributed by atoms with Crippen LogP contribution in [0.2, 0.25) is 0 Å². The molecule has 0 aliphatic carbocycles. The van der Waals surface area contributed by atoms with Crippen molar-refractivity contribution in [2.24, 2.45) is 0 Å². The summed E-state index contributed by atoms with van der Waals surface area (Å²) in [4.78, 5) is 17.7. The molecule has 0 saturated heterocycles. The second-order valence-electron chi connectivity index (χ2n) is 5.29. The van der Waals surface area contributed by atoms with Crippen molar-refractivity contribution in [3.05, 3.63) is 65.5 Å². The summed E-state index contributed by atoms with van der Waals surface area (Å²) in [5, 5.41) is 9.25. The number of pyridine rings is 1. The van der Waals surface area contributed by atoms with Crippen molar-refractivity contribution in [1.29, 1.82) is 0 Å². The fraction of sp³-hybridized carbons (Fsp3) is 0.294.